The van der Waals surface area contributed by atoms with Crippen LogP contribution in [0.4, 0.5) is 0 Å². The van der Waals surface area contributed by atoms with Gasteiger partial charge in [0.1, 0.15) is 0 Å². The molecule has 0 atom stereocenters. The van der Waals surface area contributed by atoms with E-state index in [1.165, 1.54) is 57.8 Å². The maximum atomic E-state index is 10.7. The first-order valence-electron chi connectivity index (χ1n) is 8.55. The van der Waals surface area contributed by atoms with Gasteiger partial charge in [-0.15, -0.1) is 0 Å². The zero-order chi connectivity index (χ0) is 15.9. The molecule has 0 saturated heterocycles. The van der Waals surface area contributed by atoms with Gasteiger partial charge in [-0.3, -0.25) is 9.59 Å². The molecule has 22 heavy (non-hydrogen) atoms. The van der Waals surface area contributed by atoms with Gasteiger partial charge in [-0.25, -0.2) is 0 Å². The van der Waals surface area contributed by atoms with E-state index < -0.39 is 17.9 Å². The van der Waals surface area contributed by atoms with Crippen molar-refractivity contribution in [3.8, 4) is 0 Å². The molecule has 0 amide bonds. The molecule has 0 aliphatic rings. The summed E-state index contributed by atoms with van der Waals surface area (Å²) in [6, 6.07) is 0. The minimum atomic E-state index is -1.23. The first-order chi connectivity index (χ1) is 10.1. The zero-order valence-electron chi connectivity index (χ0n) is 13.5. The van der Waals surface area contributed by atoms with Crippen LogP contribution in [0.2, 0.25) is 0 Å². The number of carbonyl (C=O) groups is 2. The molecule has 0 saturated carbocycles. The van der Waals surface area contributed by atoms with E-state index in [2.05, 4.69) is 6.92 Å². The molecule has 2 N–H and O–H groups in total. The van der Waals surface area contributed by atoms with Gasteiger partial charge >= 0.3 is 41.5 Å². The molecule has 0 aliphatic heterocycles. The molecule has 5 heteroatoms. The molecule has 126 valence electrons. The zero-order valence-corrected chi connectivity index (χ0v) is 13.5. The number of carboxylic acid groups (broad SMARTS) is 2. The molecule has 4 nitrogen and oxygen atoms in total. The molecule has 0 radical (unpaired) electrons. The summed E-state index contributed by atoms with van der Waals surface area (Å²) in [5.74, 6) is -3.66. The Morgan fingerprint density at radius 2 is 1.00 bits per heavy atom. The van der Waals surface area contributed by atoms with Crippen molar-refractivity contribution in [1.29, 1.82) is 0 Å². The van der Waals surface area contributed by atoms with E-state index in [4.69, 9.17) is 10.2 Å². The molecule has 0 aromatic heterocycles. The molecule has 0 fully saturated rings. The molecule has 0 bridgehead atoms. The van der Waals surface area contributed by atoms with Gasteiger partial charge in [-0.05, 0) is 6.42 Å². The third-order valence-electron chi connectivity index (χ3n) is 3.94. The first-order valence-corrected chi connectivity index (χ1v) is 8.55. The minimum absolute atomic E-state index is 0. The monoisotopic (exact) mass is 324 g/mol. The standard InChI is InChI=1S/C17H32O4.Na.H/c1-2-3-4-5-6-7-8-9-10-11-12-13-14-15(16(18)19)17(20)21;;/h15H,2-14H2,1H3,(H,18,19)(H,20,21);;. The van der Waals surface area contributed by atoms with Crippen LogP contribution in [0.15, 0.2) is 0 Å². The molecule has 0 unspecified atom stereocenters. The Bertz CT molecular complexity index is 268. The average Bonchev–Trinajstić information content (AvgIpc) is 2.43. The van der Waals surface area contributed by atoms with Gasteiger partial charge in [0, 0.05) is 0 Å². The van der Waals surface area contributed by atoms with Crippen molar-refractivity contribution in [1.82, 2.24) is 0 Å². The second-order valence-electron chi connectivity index (χ2n) is 5.91. The van der Waals surface area contributed by atoms with Crippen LogP contribution in [0, 0.1) is 5.92 Å². The van der Waals surface area contributed by atoms with Crippen molar-refractivity contribution in [3.63, 3.8) is 0 Å². The van der Waals surface area contributed by atoms with E-state index in [-0.39, 0.29) is 36.0 Å². The van der Waals surface area contributed by atoms with Gasteiger partial charge in [-0.1, -0.05) is 84.0 Å². The second kappa shape index (κ2) is 17.3. The van der Waals surface area contributed by atoms with Crippen LogP contribution >= 0.6 is 0 Å². The summed E-state index contributed by atoms with van der Waals surface area (Å²) in [4.78, 5) is 21.4. The summed E-state index contributed by atoms with van der Waals surface area (Å²) < 4.78 is 0. The molecular weight excluding hydrogens is 291 g/mol. The second-order valence-corrected chi connectivity index (χ2v) is 5.91. The van der Waals surface area contributed by atoms with E-state index in [0.29, 0.717) is 6.42 Å². The van der Waals surface area contributed by atoms with Gasteiger partial charge in [0.15, 0.2) is 5.92 Å². The van der Waals surface area contributed by atoms with Gasteiger partial charge in [0.25, 0.3) is 0 Å². The van der Waals surface area contributed by atoms with Crippen molar-refractivity contribution < 1.29 is 19.8 Å². The van der Waals surface area contributed by atoms with Gasteiger partial charge < -0.3 is 10.2 Å². The molecule has 0 spiro atoms. The predicted molar refractivity (Wildman–Crippen MR) is 91.6 cm³/mol. The summed E-state index contributed by atoms with van der Waals surface area (Å²) in [5.41, 5.74) is 0. The van der Waals surface area contributed by atoms with Crippen LogP contribution in [-0.4, -0.2) is 51.7 Å². The Labute approximate surface area is 157 Å². The normalized spacial score (nSPS) is 10.5. The Balaban J connectivity index is 0. The Kier molecular flexibility index (Phi) is 19.0. The quantitative estimate of drug-likeness (QED) is 0.269. The number of hydrogen-bond acceptors (Lipinski definition) is 2. The number of carboxylic acids is 2. The van der Waals surface area contributed by atoms with Crippen LogP contribution in [0.1, 0.15) is 90.4 Å². The van der Waals surface area contributed by atoms with Crippen LogP contribution in [-0.2, 0) is 9.59 Å². The van der Waals surface area contributed by atoms with Crippen molar-refractivity contribution in [2.45, 2.75) is 90.4 Å². The van der Waals surface area contributed by atoms with Crippen molar-refractivity contribution in [2.75, 3.05) is 0 Å². The third kappa shape index (κ3) is 14.9. The molecule has 0 rings (SSSR count). The Morgan fingerprint density at radius 1 is 0.682 bits per heavy atom. The summed E-state index contributed by atoms with van der Waals surface area (Å²) in [6.07, 6.45) is 14.7. The van der Waals surface area contributed by atoms with Crippen LogP contribution < -0.4 is 0 Å². The molecule has 0 aliphatic carbocycles. The van der Waals surface area contributed by atoms with Gasteiger partial charge in [0.05, 0.1) is 0 Å². The fourth-order valence-corrected chi connectivity index (χ4v) is 2.54. The third-order valence-corrected chi connectivity index (χ3v) is 3.94. The van der Waals surface area contributed by atoms with Crippen LogP contribution in [0.5, 0.6) is 0 Å². The topological polar surface area (TPSA) is 74.6 Å². The van der Waals surface area contributed by atoms with Crippen LogP contribution in [0.25, 0.3) is 0 Å². The fraction of sp³-hybridized carbons (Fsp3) is 0.882. The summed E-state index contributed by atoms with van der Waals surface area (Å²) >= 11 is 0. The van der Waals surface area contributed by atoms with E-state index in [9.17, 15) is 9.59 Å². The van der Waals surface area contributed by atoms with E-state index in [0.717, 1.165) is 12.8 Å². The van der Waals surface area contributed by atoms with Crippen molar-refractivity contribution in [2.24, 2.45) is 5.92 Å². The Morgan fingerprint density at radius 3 is 1.32 bits per heavy atom. The number of rotatable bonds is 15. The van der Waals surface area contributed by atoms with Crippen molar-refractivity contribution in [3.05, 3.63) is 0 Å². The van der Waals surface area contributed by atoms with Gasteiger partial charge in [0.2, 0.25) is 0 Å². The maximum absolute atomic E-state index is 10.7. The van der Waals surface area contributed by atoms with E-state index in [1.807, 2.05) is 0 Å². The average molecular weight is 324 g/mol. The van der Waals surface area contributed by atoms with Gasteiger partial charge in [-0.2, -0.15) is 0 Å². The molecule has 0 aromatic carbocycles. The van der Waals surface area contributed by atoms with Crippen LogP contribution in [0.3, 0.4) is 0 Å². The van der Waals surface area contributed by atoms with E-state index >= 15 is 0 Å². The SMILES string of the molecule is CCCCCCCCCCCCCCC(C(=O)O)C(=O)O.[NaH]. The van der Waals surface area contributed by atoms with E-state index in [1.54, 1.807) is 0 Å². The molecule has 0 heterocycles. The molecular formula is C17H33NaO4. The fourth-order valence-electron chi connectivity index (χ4n) is 2.54. The summed E-state index contributed by atoms with van der Waals surface area (Å²) in [6.45, 7) is 2.23. The summed E-state index contributed by atoms with van der Waals surface area (Å²) in [7, 11) is 0. The summed E-state index contributed by atoms with van der Waals surface area (Å²) in [5, 5.41) is 17.5. The number of unbranched alkanes of at least 4 members (excludes halogenated alkanes) is 11. The number of hydrogen-bond donors (Lipinski definition) is 2. The molecule has 0 aromatic rings. The number of aliphatic carboxylic acids is 2. The Hall–Kier alpha value is -0.0600. The predicted octanol–water partition coefficient (Wildman–Crippen LogP) is 4.21. The first kappa shape index (κ1) is 24.2. The van der Waals surface area contributed by atoms with Crippen molar-refractivity contribution >= 4 is 41.5 Å².